The van der Waals surface area contributed by atoms with Crippen LogP contribution in [0.5, 0.6) is 0 Å². The predicted molar refractivity (Wildman–Crippen MR) is 48.9 cm³/mol. The maximum Gasteiger partial charge on any atom is 0.136 e. The molecule has 12 heavy (non-hydrogen) atoms. The molecule has 2 aliphatic carbocycles. The zero-order valence-corrected chi connectivity index (χ0v) is 8.10. The van der Waals surface area contributed by atoms with Gasteiger partial charge in [-0.05, 0) is 37.0 Å². The normalized spacial score (nSPS) is 47.7. The van der Waals surface area contributed by atoms with E-state index in [0.29, 0.717) is 17.1 Å². The standard InChI is InChI=1S/C11H18O/c1-8-5-6-9-10(12)4-3-7-11(8,9)2/h8-9H,3-7H2,1-2H3/t8-,9-,11+/m0/s1. The number of hydrogen-bond acceptors (Lipinski definition) is 1. The summed E-state index contributed by atoms with van der Waals surface area (Å²) >= 11 is 0. The number of fused-ring (bicyclic) bond motifs is 1. The fourth-order valence-electron chi connectivity index (χ4n) is 3.19. The molecule has 0 radical (unpaired) electrons. The van der Waals surface area contributed by atoms with Gasteiger partial charge in [-0.15, -0.1) is 0 Å². The van der Waals surface area contributed by atoms with Gasteiger partial charge in [0.25, 0.3) is 0 Å². The van der Waals surface area contributed by atoms with Gasteiger partial charge in [-0.25, -0.2) is 0 Å². The molecule has 2 fully saturated rings. The lowest BCUT2D eigenvalue weighted by atomic mass is 9.65. The molecular weight excluding hydrogens is 148 g/mol. The largest absolute Gasteiger partial charge is 0.299 e. The summed E-state index contributed by atoms with van der Waals surface area (Å²) in [5.41, 5.74) is 0.370. The van der Waals surface area contributed by atoms with Gasteiger partial charge in [0.1, 0.15) is 5.78 Å². The van der Waals surface area contributed by atoms with E-state index in [1.807, 2.05) is 0 Å². The number of carbonyl (C=O) groups is 1. The van der Waals surface area contributed by atoms with Gasteiger partial charge in [-0.1, -0.05) is 13.8 Å². The molecule has 2 rings (SSSR count). The Labute approximate surface area is 74.5 Å². The molecule has 3 atom stereocenters. The van der Waals surface area contributed by atoms with Gasteiger partial charge in [-0.2, -0.15) is 0 Å². The van der Waals surface area contributed by atoms with E-state index in [9.17, 15) is 4.79 Å². The molecule has 68 valence electrons. The Kier molecular flexibility index (Phi) is 1.78. The molecule has 0 aromatic carbocycles. The Morgan fingerprint density at radius 1 is 1.42 bits per heavy atom. The summed E-state index contributed by atoms with van der Waals surface area (Å²) in [6.45, 7) is 4.64. The molecular formula is C11H18O. The highest BCUT2D eigenvalue weighted by molar-refractivity contribution is 5.83. The Bertz CT molecular complexity index is 209. The molecule has 0 heterocycles. The Balaban J connectivity index is 2.26. The van der Waals surface area contributed by atoms with Crippen molar-refractivity contribution < 1.29 is 4.79 Å². The van der Waals surface area contributed by atoms with Crippen LogP contribution in [0.4, 0.5) is 0 Å². The van der Waals surface area contributed by atoms with Crippen LogP contribution >= 0.6 is 0 Å². The van der Waals surface area contributed by atoms with Gasteiger partial charge < -0.3 is 0 Å². The van der Waals surface area contributed by atoms with E-state index in [1.54, 1.807) is 0 Å². The Morgan fingerprint density at radius 3 is 2.83 bits per heavy atom. The molecule has 1 heteroatoms. The smallest absolute Gasteiger partial charge is 0.136 e. The van der Waals surface area contributed by atoms with Gasteiger partial charge in [0.05, 0.1) is 0 Å². The molecule has 0 spiro atoms. The number of ketones is 1. The van der Waals surface area contributed by atoms with Crippen LogP contribution < -0.4 is 0 Å². The van der Waals surface area contributed by atoms with Crippen molar-refractivity contribution >= 4 is 5.78 Å². The van der Waals surface area contributed by atoms with E-state index in [2.05, 4.69) is 13.8 Å². The third kappa shape index (κ3) is 0.949. The van der Waals surface area contributed by atoms with Crippen molar-refractivity contribution in [2.24, 2.45) is 17.3 Å². The molecule has 0 saturated heterocycles. The van der Waals surface area contributed by atoms with Crippen molar-refractivity contribution in [1.29, 1.82) is 0 Å². The summed E-state index contributed by atoms with van der Waals surface area (Å²) in [6.07, 6.45) is 5.71. The van der Waals surface area contributed by atoms with Crippen LogP contribution in [0.25, 0.3) is 0 Å². The lowest BCUT2D eigenvalue weighted by molar-refractivity contribution is -0.129. The minimum absolute atomic E-state index is 0.370. The van der Waals surface area contributed by atoms with Gasteiger partial charge in [0, 0.05) is 12.3 Å². The van der Waals surface area contributed by atoms with Gasteiger partial charge in [0.15, 0.2) is 0 Å². The van der Waals surface area contributed by atoms with E-state index in [1.165, 1.54) is 12.8 Å². The summed E-state index contributed by atoms with van der Waals surface area (Å²) < 4.78 is 0. The van der Waals surface area contributed by atoms with Crippen LogP contribution in [0.2, 0.25) is 0 Å². The first-order valence-electron chi connectivity index (χ1n) is 5.17. The second-order valence-corrected chi connectivity index (χ2v) is 4.86. The first-order chi connectivity index (χ1) is 5.64. The first kappa shape index (κ1) is 8.28. The summed E-state index contributed by atoms with van der Waals surface area (Å²) in [6, 6.07) is 0. The molecule has 0 aromatic heterocycles. The highest BCUT2D eigenvalue weighted by Crippen LogP contribution is 2.53. The fourth-order valence-corrected chi connectivity index (χ4v) is 3.19. The zero-order chi connectivity index (χ0) is 8.77. The number of Topliss-reactive ketones (excluding diaryl/α,β-unsaturated/α-hetero) is 1. The van der Waals surface area contributed by atoms with Crippen molar-refractivity contribution in [3.63, 3.8) is 0 Å². The van der Waals surface area contributed by atoms with Crippen LogP contribution in [0, 0.1) is 17.3 Å². The molecule has 0 bridgehead atoms. The van der Waals surface area contributed by atoms with Crippen LogP contribution in [0.1, 0.15) is 46.0 Å². The van der Waals surface area contributed by atoms with E-state index >= 15 is 0 Å². The van der Waals surface area contributed by atoms with Crippen molar-refractivity contribution in [2.45, 2.75) is 46.0 Å². The second kappa shape index (κ2) is 2.58. The van der Waals surface area contributed by atoms with Crippen molar-refractivity contribution in [3.05, 3.63) is 0 Å². The quantitative estimate of drug-likeness (QED) is 0.541. The lowest BCUT2D eigenvalue weighted by Gasteiger charge is -2.38. The third-order valence-electron chi connectivity index (χ3n) is 4.34. The molecule has 2 saturated carbocycles. The SMILES string of the molecule is C[C@H]1CC[C@H]2C(=O)CCC[C@]12C. The molecule has 0 N–H and O–H groups in total. The number of carbonyl (C=O) groups excluding carboxylic acids is 1. The van der Waals surface area contributed by atoms with E-state index in [4.69, 9.17) is 0 Å². The summed E-state index contributed by atoms with van der Waals surface area (Å²) in [5.74, 6) is 1.74. The summed E-state index contributed by atoms with van der Waals surface area (Å²) in [5, 5.41) is 0. The molecule has 0 unspecified atom stereocenters. The second-order valence-electron chi connectivity index (χ2n) is 4.86. The molecule has 0 aliphatic heterocycles. The van der Waals surface area contributed by atoms with Gasteiger partial charge in [0.2, 0.25) is 0 Å². The third-order valence-corrected chi connectivity index (χ3v) is 4.34. The Hall–Kier alpha value is -0.330. The van der Waals surface area contributed by atoms with E-state index < -0.39 is 0 Å². The highest BCUT2D eigenvalue weighted by atomic mass is 16.1. The van der Waals surface area contributed by atoms with Crippen molar-refractivity contribution in [1.82, 2.24) is 0 Å². The number of rotatable bonds is 0. The van der Waals surface area contributed by atoms with Gasteiger partial charge in [-0.3, -0.25) is 4.79 Å². The molecule has 0 aromatic rings. The maximum absolute atomic E-state index is 11.6. The van der Waals surface area contributed by atoms with Crippen LogP contribution in [-0.2, 0) is 4.79 Å². The lowest BCUT2D eigenvalue weighted by Crippen LogP contribution is -2.36. The maximum atomic E-state index is 11.6. The minimum atomic E-state index is 0.370. The first-order valence-corrected chi connectivity index (χ1v) is 5.17. The molecule has 0 amide bonds. The average molecular weight is 166 g/mol. The minimum Gasteiger partial charge on any atom is -0.299 e. The van der Waals surface area contributed by atoms with Crippen LogP contribution in [0.3, 0.4) is 0 Å². The van der Waals surface area contributed by atoms with Crippen LogP contribution in [0.15, 0.2) is 0 Å². The molecule has 2 aliphatic rings. The van der Waals surface area contributed by atoms with Gasteiger partial charge >= 0.3 is 0 Å². The van der Waals surface area contributed by atoms with E-state index in [0.717, 1.165) is 25.2 Å². The highest BCUT2D eigenvalue weighted by Gasteiger charge is 2.48. The molecule has 1 nitrogen and oxygen atoms in total. The monoisotopic (exact) mass is 166 g/mol. The fraction of sp³-hybridized carbons (Fsp3) is 0.909. The van der Waals surface area contributed by atoms with Crippen molar-refractivity contribution in [3.8, 4) is 0 Å². The Morgan fingerprint density at radius 2 is 2.17 bits per heavy atom. The van der Waals surface area contributed by atoms with Crippen LogP contribution in [-0.4, -0.2) is 5.78 Å². The van der Waals surface area contributed by atoms with E-state index in [-0.39, 0.29) is 0 Å². The number of hydrogen-bond donors (Lipinski definition) is 0. The summed E-state index contributed by atoms with van der Waals surface area (Å²) in [7, 11) is 0. The summed E-state index contributed by atoms with van der Waals surface area (Å²) in [4.78, 5) is 11.6. The van der Waals surface area contributed by atoms with Crippen molar-refractivity contribution in [2.75, 3.05) is 0 Å². The topological polar surface area (TPSA) is 17.1 Å². The zero-order valence-electron chi connectivity index (χ0n) is 8.10. The average Bonchev–Trinajstić information content (AvgIpc) is 2.30. The predicted octanol–water partition coefficient (Wildman–Crippen LogP) is 2.79.